The molecule has 2 heterocycles. The molecule has 1 amide bonds. The topological polar surface area (TPSA) is 71.8 Å². The minimum atomic E-state index is -0.349. The number of halogens is 1. The van der Waals surface area contributed by atoms with Crippen molar-refractivity contribution in [1.29, 1.82) is 0 Å². The van der Waals surface area contributed by atoms with Crippen molar-refractivity contribution in [1.82, 2.24) is 14.9 Å². The van der Waals surface area contributed by atoms with Crippen molar-refractivity contribution in [3.05, 3.63) is 59.1 Å². The van der Waals surface area contributed by atoms with Crippen LogP contribution in [0.15, 0.2) is 53.7 Å². The van der Waals surface area contributed by atoms with Crippen LogP contribution in [-0.4, -0.2) is 31.6 Å². The molecule has 3 aromatic rings. The first-order valence-corrected chi connectivity index (χ1v) is 11.8. The summed E-state index contributed by atoms with van der Waals surface area (Å²) in [6.45, 7) is 1.92. The van der Waals surface area contributed by atoms with Gasteiger partial charge in [0.2, 0.25) is 11.1 Å². The van der Waals surface area contributed by atoms with Crippen molar-refractivity contribution in [2.24, 2.45) is 0 Å². The number of amides is 1. The first-order chi connectivity index (χ1) is 15.1. The number of benzene rings is 2. The van der Waals surface area contributed by atoms with Gasteiger partial charge in [0, 0.05) is 16.3 Å². The van der Waals surface area contributed by atoms with Gasteiger partial charge in [-0.1, -0.05) is 79.0 Å². The molecule has 1 spiro atoms. The third kappa shape index (κ3) is 3.70. The second kappa shape index (κ2) is 8.20. The minimum absolute atomic E-state index is 0.0275. The molecule has 0 radical (unpaired) electrons. The third-order valence-corrected chi connectivity index (χ3v) is 8.02. The Morgan fingerprint density at radius 3 is 2.68 bits per heavy atom. The summed E-state index contributed by atoms with van der Waals surface area (Å²) in [7, 11) is 0. The Morgan fingerprint density at radius 2 is 1.90 bits per heavy atom. The maximum Gasteiger partial charge on any atom is 0.240 e. The molecule has 1 aliphatic carbocycles. The van der Waals surface area contributed by atoms with Crippen LogP contribution >= 0.6 is 23.4 Å². The molecule has 0 unspecified atom stereocenters. The lowest BCUT2D eigenvalue weighted by atomic mass is 9.79. The highest BCUT2D eigenvalue weighted by Gasteiger charge is 2.49. The first-order valence-electron chi connectivity index (χ1n) is 10.6. The Kier molecular flexibility index (Phi) is 5.40. The van der Waals surface area contributed by atoms with Crippen LogP contribution in [0.5, 0.6) is 0 Å². The molecule has 1 aliphatic heterocycles. The van der Waals surface area contributed by atoms with Crippen LogP contribution in [0, 0.1) is 6.92 Å². The normalized spacial score (nSPS) is 19.5. The maximum absolute atomic E-state index is 13.5. The van der Waals surface area contributed by atoms with Gasteiger partial charge < -0.3 is 10.7 Å². The molecular weight excluding hydrogens is 430 g/mol. The average molecular weight is 454 g/mol. The monoisotopic (exact) mass is 453 g/mol. The van der Waals surface area contributed by atoms with Gasteiger partial charge in [-0.25, -0.2) is 4.68 Å². The molecule has 1 aromatic heterocycles. The van der Waals surface area contributed by atoms with Crippen molar-refractivity contribution in [2.45, 2.75) is 55.0 Å². The SMILES string of the molecule is Cc1c(Cl)cccc1NC(=O)[C@H]1Sc2nnc(-c3ccccc3)n2NC12CCCCC2. The molecule has 1 atom stereocenters. The molecule has 8 heteroatoms. The summed E-state index contributed by atoms with van der Waals surface area (Å²) in [5, 5.41) is 13.0. The van der Waals surface area contributed by atoms with E-state index in [0.29, 0.717) is 10.2 Å². The van der Waals surface area contributed by atoms with Crippen molar-refractivity contribution in [3.63, 3.8) is 0 Å². The highest BCUT2D eigenvalue weighted by molar-refractivity contribution is 8.00. The predicted molar refractivity (Wildman–Crippen MR) is 125 cm³/mol. The second-order valence-electron chi connectivity index (χ2n) is 8.24. The number of anilines is 1. The van der Waals surface area contributed by atoms with Gasteiger partial charge in [-0.05, 0) is 37.5 Å². The molecule has 31 heavy (non-hydrogen) atoms. The fraction of sp³-hybridized carbons (Fsp3) is 0.348. The van der Waals surface area contributed by atoms with Crippen LogP contribution in [0.4, 0.5) is 5.69 Å². The van der Waals surface area contributed by atoms with Gasteiger partial charge in [0.05, 0.1) is 5.54 Å². The molecule has 6 nitrogen and oxygen atoms in total. The highest BCUT2D eigenvalue weighted by atomic mass is 35.5. The minimum Gasteiger partial charge on any atom is -0.325 e. The van der Waals surface area contributed by atoms with E-state index in [1.54, 1.807) is 0 Å². The molecule has 1 fully saturated rings. The van der Waals surface area contributed by atoms with Crippen molar-refractivity contribution < 1.29 is 4.79 Å². The summed E-state index contributed by atoms with van der Waals surface area (Å²) in [6.07, 6.45) is 5.23. The molecule has 1 saturated carbocycles. The Bertz CT molecular complexity index is 1110. The van der Waals surface area contributed by atoms with Gasteiger partial charge in [0.15, 0.2) is 5.82 Å². The quantitative estimate of drug-likeness (QED) is 0.565. The fourth-order valence-corrected chi connectivity index (χ4v) is 5.91. The standard InChI is InChI=1S/C23H24ClN5OS/c1-15-17(24)11-8-12-18(15)25-21(30)19-23(13-6-3-7-14-23)28-29-20(26-27-22(29)31-19)16-9-4-2-5-10-16/h2,4-5,8-12,19,28H,3,6-7,13-14H2,1H3,(H,25,30)/t19-/m1/s1. The predicted octanol–water partition coefficient (Wildman–Crippen LogP) is 5.27. The molecule has 2 aromatic carbocycles. The van der Waals surface area contributed by atoms with E-state index in [9.17, 15) is 4.79 Å². The van der Waals surface area contributed by atoms with Crippen molar-refractivity contribution >= 4 is 35.0 Å². The van der Waals surface area contributed by atoms with Crippen LogP contribution in [0.25, 0.3) is 11.4 Å². The molecule has 160 valence electrons. The lowest BCUT2D eigenvalue weighted by Crippen LogP contribution is -2.59. The van der Waals surface area contributed by atoms with E-state index in [-0.39, 0.29) is 16.7 Å². The number of nitrogens with one attached hydrogen (secondary N) is 2. The van der Waals surface area contributed by atoms with E-state index < -0.39 is 0 Å². The molecule has 0 bridgehead atoms. The van der Waals surface area contributed by atoms with E-state index in [1.807, 2.05) is 60.1 Å². The summed E-state index contributed by atoms with van der Waals surface area (Å²) in [5.74, 6) is 0.748. The Labute approximate surface area is 190 Å². The summed E-state index contributed by atoms with van der Waals surface area (Å²) < 4.78 is 1.97. The Hall–Kier alpha value is -2.51. The molecule has 5 rings (SSSR count). The molecule has 2 aliphatic rings. The Balaban J connectivity index is 1.50. The van der Waals surface area contributed by atoms with Gasteiger partial charge in [0.1, 0.15) is 5.25 Å². The zero-order valence-corrected chi connectivity index (χ0v) is 18.8. The number of rotatable bonds is 3. The zero-order chi connectivity index (χ0) is 21.4. The average Bonchev–Trinajstić information content (AvgIpc) is 3.19. The van der Waals surface area contributed by atoms with Crippen molar-refractivity contribution in [3.8, 4) is 11.4 Å². The summed E-state index contributed by atoms with van der Waals surface area (Å²) in [6, 6.07) is 15.6. The third-order valence-electron chi connectivity index (χ3n) is 6.23. The van der Waals surface area contributed by atoms with Gasteiger partial charge >= 0.3 is 0 Å². The Morgan fingerprint density at radius 1 is 1.13 bits per heavy atom. The fourth-order valence-electron chi connectivity index (χ4n) is 4.52. The molecule has 2 N–H and O–H groups in total. The number of hydrogen-bond donors (Lipinski definition) is 2. The number of nitrogens with zero attached hydrogens (tertiary/aromatic N) is 3. The van der Waals surface area contributed by atoms with Crippen LogP contribution in [0.1, 0.15) is 37.7 Å². The molecule has 0 saturated heterocycles. The van der Waals surface area contributed by atoms with E-state index in [0.717, 1.165) is 48.3 Å². The number of carbonyl (C=O) groups excluding carboxylic acids is 1. The summed E-state index contributed by atoms with van der Waals surface area (Å²) in [4.78, 5) is 13.5. The smallest absolute Gasteiger partial charge is 0.240 e. The number of carbonyl (C=O) groups is 1. The van der Waals surface area contributed by atoms with Crippen LogP contribution in [-0.2, 0) is 4.79 Å². The lowest BCUT2D eigenvalue weighted by Gasteiger charge is -2.46. The second-order valence-corrected chi connectivity index (χ2v) is 9.72. The zero-order valence-electron chi connectivity index (χ0n) is 17.3. The van der Waals surface area contributed by atoms with Crippen LogP contribution < -0.4 is 10.7 Å². The number of hydrogen-bond acceptors (Lipinski definition) is 5. The van der Waals surface area contributed by atoms with Crippen LogP contribution in [0.2, 0.25) is 5.02 Å². The van der Waals surface area contributed by atoms with Crippen molar-refractivity contribution in [2.75, 3.05) is 10.7 Å². The van der Waals surface area contributed by atoms with Gasteiger partial charge in [-0.15, -0.1) is 10.2 Å². The number of aromatic nitrogens is 3. The van der Waals surface area contributed by atoms with Gasteiger partial charge in [-0.2, -0.15) is 0 Å². The van der Waals surface area contributed by atoms with Gasteiger partial charge in [0.25, 0.3) is 0 Å². The van der Waals surface area contributed by atoms with E-state index in [2.05, 4.69) is 20.9 Å². The number of fused-ring (bicyclic) bond motifs is 1. The van der Waals surface area contributed by atoms with E-state index in [4.69, 9.17) is 11.6 Å². The number of thioether (sulfide) groups is 1. The van der Waals surface area contributed by atoms with E-state index in [1.165, 1.54) is 18.2 Å². The lowest BCUT2D eigenvalue weighted by molar-refractivity contribution is -0.117. The highest BCUT2D eigenvalue weighted by Crippen LogP contribution is 2.44. The summed E-state index contributed by atoms with van der Waals surface area (Å²) in [5.41, 5.74) is 5.96. The molecular formula is C23H24ClN5OS. The largest absolute Gasteiger partial charge is 0.325 e. The maximum atomic E-state index is 13.5. The van der Waals surface area contributed by atoms with E-state index >= 15 is 0 Å². The first kappa shape index (κ1) is 20.4. The summed E-state index contributed by atoms with van der Waals surface area (Å²) >= 11 is 7.76. The van der Waals surface area contributed by atoms with Crippen LogP contribution in [0.3, 0.4) is 0 Å². The van der Waals surface area contributed by atoms with Gasteiger partial charge in [-0.3, -0.25) is 4.79 Å².